The summed E-state index contributed by atoms with van der Waals surface area (Å²) in [6.07, 6.45) is 3.46. The third kappa shape index (κ3) is 4.19. The van der Waals surface area contributed by atoms with E-state index in [4.69, 9.17) is 14.9 Å². The summed E-state index contributed by atoms with van der Waals surface area (Å²) in [4.78, 5) is 28.8. The number of allylic oxidation sites excluding steroid dienone is 1. The number of amides is 1. The van der Waals surface area contributed by atoms with Gasteiger partial charge in [-0.1, -0.05) is 42.5 Å². The average molecular weight is 384 g/mol. The Morgan fingerprint density at radius 1 is 1.03 bits per heavy atom. The van der Waals surface area contributed by atoms with Gasteiger partial charge in [-0.3, -0.25) is 4.79 Å². The molecule has 1 unspecified atom stereocenters. The highest BCUT2D eigenvalue weighted by atomic mass is 16.2. The van der Waals surface area contributed by atoms with Gasteiger partial charge >= 0.3 is 6.15 Å². The van der Waals surface area contributed by atoms with Crippen LogP contribution in [0.4, 0.5) is 0 Å². The van der Waals surface area contributed by atoms with E-state index in [0.29, 0.717) is 5.56 Å². The highest BCUT2D eigenvalue weighted by Crippen LogP contribution is 2.27. The van der Waals surface area contributed by atoms with Crippen LogP contribution in [0.1, 0.15) is 23.6 Å². The van der Waals surface area contributed by atoms with Crippen LogP contribution in [0.25, 0.3) is 11.3 Å². The molecule has 1 atom stereocenters. The molecule has 0 spiro atoms. The van der Waals surface area contributed by atoms with E-state index in [9.17, 15) is 4.79 Å². The van der Waals surface area contributed by atoms with Gasteiger partial charge < -0.3 is 5.32 Å². The Morgan fingerprint density at radius 2 is 1.69 bits per heavy atom. The van der Waals surface area contributed by atoms with Crippen molar-refractivity contribution in [3.05, 3.63) is 83.4 Å². The van der Waals surface area contributed by atoms with Crippen LogP contribution in [0.2, 0.25) is 0 Å². The van der Waals surface area contributed by atoms with Gasteiger partial charge in [-0.05, 0) is 36.3 Å². The molecular formula is C22H16N4O3. The van der Waals surface area contributed by atoms with Crippen LogP contribution in [0.5, 0.6) is 0 Å². The molecule has 2 aliphatic heterocycles. The van der Waals surface area contributed by atoms with Gasteiger partial charge in [0.2, 0.25) is 0 Å². The predicted molar refractivity (Wildman–Crippen MR) is 105 cm³/mol. The van der Waals surface area contributed by atoms with Crippen LogP contribution in [0, 0.1) is 11.3 Å². The molecule has 1 amide bonds. The number of nitriles is 1. The summed E-state index contributed by atoms with van der Waals surface area (Å²) in [5, 5.41) is 18.2. The first-order valence-corrected chi connectivity index (χ1v) is 8.71. The van der Waals surface area contributed by atoms with Gasteiger partial charge in [-0.2, -0.15) is 20.0 Å². The molecule has 2 aromatic carbocycles. The Morgan fingerprint density at radius 3 is 2.31 bits per heavy atom. The van der Waals surface area contributed by atoms with Crippen molar-refractivity contribution in [2.75, 3.05) is 0 Å². The van der Waals surface area contributed by atoms with Gasteiger partial charge in [-0.15, -0.1) is 0 Å². The second-order valence-corrected chi connectivity index (χ2v) is 6.23. The lowest BCUT2D eigenvalue weighted by Crippen LogP contribution is -2.49. The van der Waals surface area contributed by atoms with E-state index in [0.717, 1.165) is 28.1 Å². The molecule has 4 rings (SSSR count). The molecule has 2 aromatic rings. The molecule has 0 bridgehead atoms. The smallest absolute Gasteiger partial charge is 0.360 e. The minimum atomic E-state index is -0.350. The van der Waals surface area contributed by atoms with Crippen molar-refractivity contribution in [2.45, 2.75) is 13.1 Å². The topological polar surface area (TPSA) is 103 Å². The zero-order valence-electron chi connectivity index (χ0n) is 15.5. The standard InChI is InChI=1S/C21H16N4O.CO2/c1-14-18(16-5-3-2-4-6-16)11-20-23-19(12-21(26)25(20)24-14)17-9-7-15(13-22)8-10-17;2-1-3/h2-12,20,23H,1H3;. The monoisotopic (exact) mass is 384 g/mol. The summed E-state index contributed by atoms with van der Waals surface area (Å²) >= 11 is 0. The quantitative estimate of drug-likeness (QED) is 0.857. The molecule has 0 saturated carbocycles. The van der Waals surface area contributed by atoms with Crippen LogP contribution < -0.4 is 5.32 Å². The normalized spacial score (nSPS) is 17.1. The molecule has 7 heteroatoms. The largest absolute Gasteiger partial charge is 0.373 e. The number of carbonyl (C=O) groups is 1. The summed E-state index contributed by atoms with van der Waals surface area (Å²) < 4.78 is 0. The summed E-state index contributed by atoms with van der Waals surface area (Å²) in [6, 6.07) is 19.2. The van der Waals surface area contributed by atoms with Crippen molar-refractivity contribution in [3.8, 4) is 6.07 Å². The minimum absolute atomic E-state index is 0.171. The van der Waals surface area contributed by atoms with E-state index < -0.39 is 0 Å². The second kappa shape index (κ2) is 8.61. The number of carbonyl (C=O) groups excluding carboxylic acids is 3. The second-order valence-electron chi connectivity index (χ2n) is 6.23. The first kappa shape index (κ1) is 19.5. The molecule has 1 N–H and O–H groups in total. The maximum atomic E-state index is 12.5. The molecule has 0 radical (unpaired) electrons. The lowest BCUT2D eigenvalue weighted by Gasteiger charge is -2.35. The fraction of sp³-hybridized carbons (Fsp3) is 0.0909. The Kier molecular flexibility index (Phi) is 5.79. The van der Waals surface area contributed by atoms with Gasteiger partial charge in [0.05, 0.1) is 17.3 Å². The van der Waals surface area contributed by atoms with Crippen LogP contribution in [0.15, 0.2) is 71.9 Å². The van der Waals surface area contributed by atoms with Crippen molar-refractivity contribution in [1.29, 1.82) is 5.26 Å². The number of rotatable bonds is 2. The fourth-order valence-corrected chi connectivity index (χ4v) is 3.12. The van der Waals surface area contributed by atoms with Crippen LogP contribution >= 0.6 is 0 Å². The maximum absolute atomic E-state index is 12.5. The third-order valence-electron chi connectivity index (χ3n) is 4.44. The number of hydrogen-bond acceptors (Lipinski definition) is 6. The van der Waals surface area contributed by atoms with Crippen molar-refractivity contribution in [2.24, 2.45) is 5.10 Å². The number of nitrogens with one attached hydrogen (secondary N) is 1. The van der Waals surface area contributed by atoms with Crippen molar-refractivity contribution in [1.82, 2.24) is 10.3 Å². The Bertz CT molecular complexity index is 1090. The Balaban J connectivity index is 0.000000755. The van der Waals surface area contributed by atoms with E-state index in [1.165, 1.54) is 11.1 Å². The molecule has 0 aliphatic carbocycles. The number of benzene rings is 2. The zero-order chi connectivity index (χ0) is 20.8. The van der Waals surface area contributed by atoms with Gasteiger partial charge in [0.25, 0.3) is 5.91 Å². The van der Waals surface area contributed by atoms with Crippen molar-refractivity contribution >= 4 is 29.0 Å². The number of fused-ring (bicyclic) bond motifs is 1. The third-order valence-corrected chi connectivity index (χ3v) is 4.44. The summed E-state index contributed by atoms with van der Waals surface area (Å²) in [7, 11) is 0. The Hall–Kier alpha value is -4.27. The SMILES string of the molecule is CC1=NN2C(=O)C=C(c3ccc(C#N)cc3)NC2C=C1c1ccccc1.O=C=O. The van der Waals surface area contributed by atoms with Crippen LogP contribution in [-0.4, -0.2) is 28.9 Å². The number of nitrogens with zero attached hydrogens (tertiary/aromatic N) is 3. The van der Waals surface area contributed by atoms with E-state index in [1.807, 2.05) is 55.5 Å². The average Bonchev–Trinajstić information content (AvgIpc) is 2.75. The molecule has 29 heavy (non-hydrogen) atoms. The molecule has 0 fully saturated rings. The Labute approximate surface area is 167 Å². The fourth-order valence-electron chi connectivity index (χ4n) is 3.12. The summed E-state index contributed by atoms with van der Waals surface area (Å²) in [5.74, 6) is -0.171. The van der Waals surface area contributed by atoms with Gasteiger partial charge in [0.15, 0.2) is 0 Å². The van der Waals surface area contributed by atoms with Crippen LogP contribution in [0.3, 0.4) is 0 Å². The van der Waals surface area contributed by atoms with E-state index >= 15 is 0 Å². The first-order valence-electron chi connectivity index (χ1n) is 8.71. The highest BCUT2D eigenvalue weighted by Gasteiger charge is 2.31. The lowest BCUT2D eigenvalue weighted by molar-refractivity contribution is -0.191. The summed E-state index contributed by atoms with van der Waals surface area (Å²) in [5.41, 5.74) is 5.04. The molecule has 7 nitrogen and oxygen atoms in total. The van der Waals surface area contributed by atoms with Gasteiger partial charge in [0, 0.05) is 17.3 Å². The predicted octanol–water partition coefficient (Wildman–Crippen LogP) is 2.55. The highest BCUT2D eigenvalue weighted by molar-refractivity contribution is 6.23. The lowest BCUT2D eigenvalue weighted by atomic mass is 9.98. The zero-order valence-corrected chi connectivity index (χ0v) is 15.5. The molecule has 0 aromatic heterocycles. The van der Waals surface area contributed by atoms with Crippen LogP contribution in [-0.2, 0) is 14.4 Å². The van der Waals surface area contributed by atoms with Gasteiger partial charge in [-0.25, -0.2) is 5.01 Å². The van der Waals surface area contributed by atoms with Crippen molar-refractivity contribution < 1.29 is 14.4 Å². The number of hydrogen-bond donors (Lipinski definition) is 1. The first-order chi connectivity index (χ1) is 14.1. The number of hydrazone groups is 1. The molecule has 2 heterocycles. The van der Waals surface area contributed by atoms with E-state index in [1.54, 1.807) is 12.1 Å². The maximum Gasteiger partial charge on any atom is 0.373 e. The van der Waals surface area contributed by atoms with E-state index in [2.05, 4.69) is 16.5 Å². The molecular weight excluding hydrogens is 368 g/mol. The summed E-state index contributed by atoms with van der Waals surface area (Å²) in [6.45, 7) is 1.90. The van der Waals surface area contributed by atoms with E-state index in [-0.39, 0.29) is 18.2 Å². The van der Waals surface area contributed by atoms with Gasteiger partial charge in [0.1, 0.15) is 6.17 Å². The molecule has 2 aliphatic rings. The molecule has 0 saturated heterocycles. The van der Waals surface area contributed by atoms with Crippen molar-refractivity contribution in [3.63, 3.8) is 0 Å². The molecule has 142 valence electrons. The minimum Gasteiger partial charge on any atom is -0.360 e.